The first-order valence-electron chi connectivity index (χ1n) is 8.00. The van der Waals surface area contributed by atoms with Crippen LogP contribution in [0.25, 0.3) is 0 Å². The normalized spacial score (nSPS) is 20.0. The standard InChI is InChI=1S/C21H16O3S/c1-15-12-13-19-18(14-15)21(20(22)24-19,16-8-4-2-5-9-16)25(23)17-10-6-3-7-11-17/h2-14H,1H3. The smallest absolute Gasteiger partial charge is 0.340 e. The van der Waals surface area contributed by atoms with E-state index in [9.17, 15) is 9.00 Å². The molecular formula is C21H16O3S. The molecule has 0 saturated carbocycles. The van der Waals surface area contributed by atoms with Crippen molar-refractivity contribution in [1.29, 1.82) is 0 Å². The lowest BCUT2D eigenvalue weighted by Crippen LogP contribution is -2.39. The second-order valence-corrected chi connectivity index (χ2v) is 7.64. The largest absolute Gasteiger partial charge is 0.425 e. The van der Waals surface area contributed by atoms with E-state index in [4.69, 9.17) is 4.74 Å². The molecule has 124 valence electrons. The zero-order valence-electron chi connectivity index (χ0n) is 13.6. The number of carbonyl (C=O) groups is 1. The summed E-state index contributed by atoms with van der Waals surface area (Å²) in [7, 11) is -1.64. The Morgan fingerprint density at radius 1 is 0.880 bits per heavy atom. The van der Waals surface area contributed by atoms with Crippen LogP contribution < -0.4 is 4.74 Å². The van der Waals surface area contributed by atoms with Crippen LogP contribution in [0.15, 0.2) is 83.8 Å². The van der Waals surface area contributed by atoms with Crippen molar-refractivity contribution in [2.45, 2.75) is 16.6 Å². The Labute approximate surface area is 148 Å². The number of rotatable bonds is 3. The van der Waals surface area contributed by atoms with Gasteiger partial charge in [-0.2, -0.15) is 0 Å². The molecule has 0 fully saturated rings. The zero-order valence-corrected chi connectivity index (χ0v) is 14.5. The summed E-state index contributed by atoms with van der Waals surface area (Å²) < 4.78 is 17.8. The van der Waals surface area contributed by atoms with E-state index in [-0.39, 0.29) is 0 Å². The molecule has 4 heteroatoms. The number of carbonyl (C=O) groups excluding carboxylic acids is 1. The number of benzene rings is 3. The number of aryl methyl sites for hydroxylation is 1. The lowest BCUT2D eigenvalue weighted by atomic mass is 9.90. The summed E-state index contributed by atoms with van der Waals surface area (Å²) >= 11 is 0. The molecule has 0 saturated heterocycles. The molecule has 3 aromatic rings. The van der Waals surface area contributed by atoms with E-state index in [1.54, 1.807) is 18.2 Å². The Bertz CT molecular complexity index is 967. The minimum Gasteiger partial charge on any atom is -0.425 e. The van der Waals surface area contributed by atoms with Gasteiger partial charge >= 0.3 is 5.97 Å². The average molecular weight is 348 g/mol. The van der Waals surface area contributed by atoms with E-state index in [2.05, 4.69) is 0 Å². The maximum atomic E-state index is 13.7. The molecule has 3 nitrogen and oxygen atoms in total. The fourth-order valence-electron chi connectivity index (χ4n) is 3.24. The highest BCUT2D eigenvalue weighted by Crippen LogP contribution is 2.48. The summed E-state index contributed by atoms with van der Waals surface area (Å²) in [6.07, 6.45) is 0. The van der Waals surface area contributed by atoms with Gasteiger partial charge in [0.15, 0.2) is 0 Å². The van der Waals surface area contributed by atoms with Gasteiger partial charge in [0.2, 0.25) is 4.75 Å². The molecule has 1 aliphatic heterocycles. The summed E-state index contributed by atoms with van der Waals surface area (Å²) in [5.41, 5.74) is 2.32. The molecule has 3 aromatic carbocycles. The van der Waals surface area contributed by atoms with E-state index in [0.29, 0.717) is 21.8 Å². The molecule has 1 aliphatic rings. The molecule has 0 aliphatic carbocycles. The van der Waals surface area contributed by atoms with E-state index in [0.717, 1.165) is 5.56 Å². The van der Waals surface area contributed by atoms with Gasteiger partial charge in [-0.25, -0.2) is 4.79 Å². The third kappa shape index (κ3) is 2.33. The van der Waals surface area contributed by atoms with Crippen LogP contribution in [0.2, 0.25) is 0 Å². The number of fused-ring (bicyclic) bond motifs is 1. The molecule has 25 heavy (non-hydrogen) atoms. The summed E-state index contributed by atoms with van der Waals surface area (Å²) in [6.45, 7) is 1.95. The summed E-state index contributed by atoms with van der Waals surface area (Å²) in [4.78, 5) is 13.7. The molecular weight excluding hydrogens is 332 g/mol. The zero-order chi connectivity index (χ0) is 17.4. The Hall–Kier alpha value is -2.72. The molecule has 0 N–H and O–H groups in total. The van der Waals surface area contributed by atoms with Crippen LogP contribution in [0, 0.1) is 6.92 Å². The fourth-order valence-corrected chi connectivity index (χ4v) is 4.90. The van der Waals surface area contributed by atoms with Gasteiger partial charge in [-0.05, 0) is 36.8 Å². The molecule has 1 heterocycles. The first-order chi connectivity index (χ1) is 12.1. The van der Waals surface area contributed by atoms with E-state index in [1.165, 1.54) is 0 Å². The Morgan fingerprint density at radius 2 is 1.52 bits per heavy atom. The number of hydrogen-bond acceptors (Lipinski definition) is 3. The molecule has 0 aromatic heterocycles. The third-order valence-electron chi connectivity index (χ3n) is 4.42. The Balaban J connectivity index is 2.04. The number of hydrogen-bond donors (Lipinski definition) is 0. The van der Waals surface area contributed by atoms with Gasteiger partial charge in [-0.1, -0.05) is 60.2 Å². The van der Waals surface area contributed by atoms with Crippen molar-refractivity contribution in [3.63, 3.8) is 0 Å². The van der Waals surface area contributed by atoms with E-state index >= 15 is 0 Å². The SMILES string of the molecule is Cc1ccc2c(c1)C(c1ccccc1)(S(=O)c1ccccc1)C(=O)O2. The van der Waals surface area contributed by atoms with Crippen molar-refractivity contribution < 1.29 is 13.7 Å². The van der Waals surface area contributed by atoms with Crippen molar-refractivity contribution >= 4 is 16.8 Å². The lowest BCUT2D eigenvalue weighted by molar-refractivity contribution is -0.134. The van der Waals surface area contributed by atoms with Crippen molar-refractivity contribution in [3.8, 4) is 5.75 Å². The van der Waals surface area contributed by atoms with Crippen molar-refractivity contribution in [2.24, 2.45) is 0 Å². The van der Waals surface area contributed by atoms with Gasteiger partial charge in [0.05, 0.1) is 10.8 Å². The van der Waals surface area contributed by atoms with Gasteiger partial charge in [0.1, 0.15) is 5.75 Å². The highest BCUT2D eigenvalue weighted by molar-refractivity contribution is 7.87. The van der Waals surface area contributed by atoms with Gasteiger partial charge in [0.25, 0.3) is 0 Å². The molecule has 0 radical (unpaired) electrons. The van der Waals surface area contributed by atoms with Crippen LogP contribution in [0.1, 0.15) is 16.7 Å². The first kappa shape index (κ1) is 15.8. The first-order valence-corrected chi connectivity index (χ1v) is 9.15. The van der Waals surface area contributed by atoms with Crippen molar-refractivity contribution in [3.05, 3.63) is 95.6 Å². The highest BCUT2D eigenvalue weighted by Gasteiger charge is 2.56. The van der Waals surface area contributed by atoms with E-state index < -0.39 is 21.5 Å². The number of esters is 1. The van der Waals surface area contributed by atoms with Gasteiger partial charge in [-0.3, -0.25) is 4.21 Å². The third-order valence-corrected chi connectivity index (χ3v) is 6.30. The van der Waals surface area contributed by atoms with Crippen LogP contribution in [0.5, 0.6) is 5.75 Å². The Kier molecular flexibility index (Phi) is 3.77. The lowest BCUT2D eigenvalue weighted by Gasteiger charge is -2.26. The molecule has 2 unspecified atom stereocenters. The van der Waals surface area contributed by atoms with Crippen LogP contribution in [-0.2, 0) is 20.3 Å². The predicted octanol–water partition coefficient (Wildman–Crippen LogP) is 3.97. The van der Waals surface area contributed by atoms with E-state index in [1.807, 2.05) is 67.6 Å². The van der Waals surface area contributed by atoms with Crippen LogP contribution in [0.3, 0.4) is 0 Å². The monoisotopic (exact) mass is 348 g/mol. The van der Waals surface area contributed by atoms with Crippen molar-refractivity contribution in [1.82, 2.24) is 0 Å². The Morgan fingerprint density at radius 3 is 2.20 bits per heavy atom. The molecule has 0 bridgehead atoms. The van der Waals surface area contributed by atoms with Gasteiger partial charge < -0.3 is 4.74 Å². The minimum absolute atomic E-state index is 0.476. The molecule has 0 spiro atoms. The van der Waals surface area contributed by atoms with Crippen LogP contribution in [-0.4, -0.2) is 10.2 Å². The molecule has 4 rings (SSSR count). The maximum Gasteiger partial charge on any atom is 0.340 e. The minimum atomic E-state index is -1.64. The number of ether oxygens (including phenoxy) is 1. The maximum absolute atomic E-state index is 13.7. The topological polar surface area (TPSA) is 43.4 Å². The fraction of sp³-hybridized carbons (Fsp3) is 0.0952. The summed E-state index contributed by atoms with van der Waals surface area (Å²) in [5, 5.41) is 0. The second kappa shape index (κ2) is 5.97. The predicted molar refractivity (Wildman–Crippen MR) is 96.9 cm³/mol. The summed E-state index contributed by atoms with van der Waals surface area (Å²) in [5.74, 6) is -0.0229. The van der Waals surface area contributed by atoms with Gasteiger partial charge in [0, 0.05) is 10.5 Å². The molecule has 2 atom stereocenters. The highest BCUT2D eigenvalue weighted by atomic mass is 32.2. The summed E-state index contributed by atoms with van der Waals surface area (Å²) in [6, 6.07) is 23.9. The van der Waals surface area contributed by atoms with Crippen molar-refractivity contribution in [2.75, 3.05) is 0 Å². The molecule has 0 amide bonds. The van der Waals surface area contributed by atoms with Crippen LogP contribution >= 0.6 is 0 Å². The quantitative estimate of drug-likeness (QED) is 0.531. The van der Waals surface area contributed by atoms with Crippen LogP contribution in [0.4, 0.5) is 0 Å². The van der Waals surface area contributed by atoms with Gasteiger partial charge in [-0.15, -0.1) is 0 Å². The average Bonchev–Trinajstić information content (AvgIpc) is 2.94. The second-order valence-electron chi connectivity index (χ2n) is 6.02.